The number of allylic oxidation sites excluding steroid dienone is 14. The molecule has 0 fully saturated rings. The Morgan fingerprint density at radius 2 is 0.641 bits per heavy atom. The second-order valence-electron chi connectivity index (χ2n) is 17.4. The minimum absolute atomic E-state index is 0.109. The van der Waals surface area contributed by atoms with Gasteiger partial charge in [-0.15, -0.1) is 0 Å². The molecule has 0 aromatic rings. The summed E-state index contributed by atoms with van der Waals surface area (Å²) in [6, 6.07) is 0. The Balaban J connectivity index is 4.45. The molecule has 0 aliphatic carbocycles. The molecule has 6 heteroatoms. The minimum Gasteiger partial charge on any atom is -0.462 e. The highest BCUT2D eigenvalue weighted by atomic mass is 16.6. The van der Waals surface area contributed by atoms with Gasteiger partial charge in [-0.2, -0.15) is 0 Å². The fraction of sp³-hybridized carbons (Fsp3) is 0.707. The maximum Gasteiger partial charge on any atom is 0.306 e. The molecule has 366 valence electrons. The highest BCUT2D eigenvalue weighted by Gasteiger charge is 2.19. The summed E-state index contributed by atoms with van der Waals surface area (Å²) in [7, 11) is 0. The molecule has 0 saturated carbocycles. The lowest BCUT2D eigenvalue weighted by Crippen LogP contribution is -2.30. The maximum absolute atomic E-state index is 12.8. The molecule has 0 rings (SSSR count). The van der Waals surface area contributed by atoms with E-state index in [2.05, 4.69) is 93.7 Å². The van der Waals surface area contributed by atoms with Gasteiger partial charge in [-0.25, -0.2) is 0 Å². The van der Waals surface area contributed by atoms with Gasteiger partial charge in [0.25, 0.3) is 0 Å². The Morgan fingerprint density at radius 1 is 0.328 bits per heavy atom. The monoisotopic (exact) mass is 891 g/mol. The van der Waals surface area contributed by atoms with Gasteiger partial charge in [0.2, 0.25) is 0 Å². The van der Waals surface area contributed by atoms with Crippen LogP contribution in [0, 0.1) is 0 Å². The van der Waals surface area contributed by atoms with E-state index >= 15 is 0 Å². The van der Waals surface area contributed by atoms with Crippen molar-refractivity contribution >= 4 is 17.9 Å². The molecular formula is C58H98O6. The second kappa shape index (κ2) is 52.2. The SMILES string of the molecule is CC/C=C\C/C=C\C/C=C\C/C=C\C/C=C\CCC(=O)OC(COC(=O)CCCCCCC/C=C\C/C=C\CC)COC(=O)CCCCCCCCCCCCCCCCCCCC. The zero-order valence-corrected chi connectivity index (χ0v) is 41.8. The first kappa shape index (κ1) is 60.6. The van der Waals surface area contributed by atoms with Crippen molar-refractivity contribution in [3.8, 4) is 0 Å². The summed E-state index contributed by atoms with van der Waals surface area (Å²) < 4.78 is 16.7. The molecule has 0 aromatic heterocycles. The number of hydrogen-bond donors (Lipinski definition) is 0. The Hall–Kier alpha value is -3.41. The quantitative estimate of drug-likeness (QED) is 0.0262. The highest BCUT2D eigenvalue weighted by molar-refractivity contribution is 5.71. The Kier molecular flexibility index (Phi) is 49.4. The van der Waals surface area contributed by atoms with Crippen LogP contribution in [-0.2, 0) is 28.6 Å². The van der Waals surface area contributed by atoms with E-state index in [0.29, 0.717) is 19.3 Å². The van der Waals surface area contributed by atoms with Gasteiger partial charge in [0.1, 0.15) is 13.2 Å². The Labute approximate surface area is 395 Å². The van der Waals surface area contributed by atoms with Crippen molar-refractivity contribution < 1.29 is 28.6 Å². The predicted octanol–water partition coefficient (Wildman–Crippen LogP) is 17.6. The van der Waals surface area contributed by atoms with Crippen molar-refractivity contribution in [1.82, 2.24) is 0 Å². The van der Waals surface area contributed by atoms with Gasteiger partial charge >= 0.3 is 17.9 Å². The van der Waals surface area contributed by atoms with Gasteiger partial charge in [-0.05, 0) is 77.0 Å². The van der Waals surface area contributed by atoms with Crippen LogP contribution in [0.4, 0.5) is 0 Å². The van der Waals surface area contributed by atoms with Crippen molar-refractivity contribution in [1.29, 1.82) is 0 Å². The number of unbranched alkanes of at least 4 members (excludes halogenated alkanes) is 22. The lowest BCUT2D eigenvalue weighted by Gasteiger charge is -2.18. The molecule has 0 aliphatic rings. The topological polar surface area (TPSA) is 78.9 Å². The Morgan fingerprint density at radius 3 is 1.02 bits per heavy atom. The third-order valence-corrected chi connectivity index (χ3v) is 11.2. The average Bonchev–Trinajstić information content (AvgIpc) is 3.29. The molecule has 6 nitrogen and oxygen atoms in total. The summed E-state index contributed by atoms with van der Waals surface area (Å²) in [5.41, 5.74) is 0. The summed E-state index contributed by atoms with van der Waals surface area (Å²) in [6.45, 7) is 6.35. The molecular weight excluding hydrogens is 793 g/mol. The molecule has 0 amide bonds. The molecule has 0 N–H and O–H groups in total. The van der Waals surface area contributed by atoms with Crippen molar-refractivity contribution in [2.24, 2.45) is 0 Å². The van der Waals surface area contributed by atoms with Crippen LogP contribution in [0.3, 0.4) is 0 Å². The molecule has 1 atom stereocenters. The maximum atomic E-state index is 12.8. The van der Waals surface area contributed by atoms with Crippen LogP contribution in [-0.4, -0.2) is 37.2 Å². The molecule has 0 aromatic carbocycles. The molecule has 64 heavy (non-hydrogen) atoms. The summed E-state index contributed by atoms with van der Waals surface area (Å²) in [4.78, 5) is 38.0. The van der Waals surface area contributed by atoms with E-state index < -0.39 is 12.1 Å². The van der Waals surface area contributed by atoms with E-state index in [0.717, 1.165) is 103 Å². The Bertz CT molecular complexity index is 1250. The van der Waals surface area contributed by atoms with Crippen molar-refractivity contribution in [2.75, 3.05) is 13.2 Å². The smallest absolute Gasteiger partial charge is 0.306 e. The zero-order chi connectivity index (χ0) is 46.5. The van der Waals surface area contributed by atoms with E-state index in [4.69, 9.17) is 14.2 Å². The van der Waals surface area contributed by atoms with Crippen LogP contribution in [0.1, 0.15) is 245 Å². The number of hydrogen-bond acceptors (Lipinski definition) is 6. The first-order chi connectivity index (χ1) is 31.5. The highest BCUT2D eigenvalue weighted by Crippen LogP contribution is 2.15. The molecule has 0 bridgehead atoms. The van der Waals surface area contributed by atoms with E-state index in [1.54, 1.807) is 0 Å². The molecule has 0 radical (unpaired) electrons. The number of ether oxygens (including phenoxy) is 3. The molecule has 0 saturated heterocycles. The van der Waals surface area contributed by atoms with Crippen LogP contribution in [0.25, 0.3) is 0 Å². The molecule has 0 aliphatic heterocycles. The predicted molar refractivity (Wildman–Crippen MR) is 274 cm³/mol. The third-order valence-electron chi connectivity index (χ3n) is 11.2. The lowest BCUT2D eigenvalue weighted by atomic mass is 10.0. The lowest BCUT2D eigenvalue weighted by molar-refractivity contribution is -0.166. The summed E-state index contributed by atoms with van der Waals surface area (Å²) >= 11 is 0. The summed E-state index contributed by atoms with van der Waals surface area (Å²) in [5.74, 6) is -1.01. The number of rotatable bonds is 47. The second-order valence-corrected chi connectivity index (χ2v) is 17.4. The summed E-state index contributed by atoms with van der Waals surface area (Å²) in [6.07, 6.45) is 67.3. The van der Waals surface area contributed by atoms with Crippen LogP contribution >= 0.6 is 0 Å². The van der Waals surface area contributed by atoms with E-state index in [-0.39, 0.29) is 31.6 Å². The number of carbonyl (C=O) groups is 3. The van der Waals surface area contributed by atoms with Gasteiger partial charge in [-0.3, -0.25) is 14.4 Å². The fourth-order valence-corrected chi connectivity index (χ4v) is 7.24. The van der Waals surface area contributed by atoms with Crippen molar-refractivity contribution in [3.05, 3.63) is 85.1 Å². The van der Waals surface area contributed by atoms with Crippen LogP contribution < -0.4 is 0 Å². The van der Waals surface area contributed by atoms with Crippen molar-refractivity contribution in [3.63, 3.8) is 0 Å². The number of carbonyl (C=O) groups excluding carboxylic acids is 3. The van der Waals surface area contributed by atoms with E-state index in [1.807, 2.05) is 12.2 Å². The molecule has 0 spiro atoms. The van der Waals surface area contributed by atoms with Gasteiger partial charge in [0, 0.05) is 19.3 Å². The van der Waals surface area contributed by atoms with Crippen LogP contribution in [0.2, 0.25) is 0 Å². The largest absolute Gasteiger partial charge is 0.462 e. The average molecular weight is 891 g/mol. The van der Waals surface area contributed by atoms with Gasteiger partial charge in [-0.1, -0.05) is 234 Å². The van der Waals surface area contributed by atoms with Gasteiger partial charge in [0.15, 0.2) is 6.10 Å². The fourth-order valence-electron chi connectivity index (χ4n) is 7.24. The summed E-state index contributed by atoms with van der Waals surface area (Å²) in [5, 5.41) is 0. The van der Waals surface area contributed by atoms with Crippen molar-refractivity contribution in [2.45, 2.75) is 252 Å². The zero-order valence-electron chi connectivity index (χ0n) is 41.8. The van der Waals surface area contributed by atoms with E-state index in [1.165, 1.54) is 96.3 Å². The van der Waals surface area contributed by atoms with Crippen LogP contribution in [0.5, 0.6) is 0 Å². The molecule has 0 heterocycles. The normalized spacial score (nSPS) is 12.7. The first-order valence-corrected chi connectivity index (χ1v) is 26.6. The van der Waals surface area contributed by atoms with Crippen LogP contribution in [0.15, 0.2) is 85.1 Å². The number of esters is 3. The molecule has 1 unspecified atom stereocenters. The van der Waals surface area contributed by atoms with Gasteiger partial charge < -0.3 is 14.2 Å². The standard InChI is InChI=1S/C58H98O6/c1-4-7-10-13-16-19-22-25-27-29-30-32-33-36-39-42-45-48-51-57(60)63-54-55(53-62-56(59)50-47-44-41-38-35-24-21-18-15-12-9-6-3)64-58(61)52-49-46-43-40-37-34-31-28-26-23-20-17-14-11-8-5-2/h8-9,11-12,17-18,20-21,26,28,34,37,43,46,55H,4-7,10,13-16,19,22-25,27,29-33,35-36,38-42,44-45,47-54H2,1-3H3/b11-8-,12-9-,20-17-,21-18-,28-26-,37-34-,46-43-. The van der Waals surface area contributed by atoms with Gasteiger partial charge in [0.05, 0.1) is 0 Å². The van der Waals surface area contributed by atoms with E-state index in [9.17, 15) is 14.4 Å². The first-order valence-electron chi connectivity index (χ1n) is 26.6. The minimum atomic E-state index is -0.820. The third kappa shape index (κ3) is 49.6.